The fourth-order valence-electron chi connectivity index (χ4n) is 3.08. The number of alkyl halides is 3. The van der Waals surface area contributed by atoms with Gasteiger partial charge in [0.1, 0.15) is 5.82 Å². The first kappa shape index (κ1) is 23.0. The van der Waals surface area contributed by atoms with E-state index in [9.17, 15) is 22.4 Å². The molecule has 168 valence electrons. The average Bonchev–Trinajstić information content (AvgIpc) is 2.78. The highest BCUT2D eigenvalue weighted by molar-refractivity contribution is 6.00. The lowest BCUT2D eigenvalue weighted by Crippen LogP contribution is -2.42. The van der Waals surface area contributed by atoms with Gasteiger partial charge in [-0.25, -0.2) is 24.3 Å². The minimum atomic E-state index is -4.53. The van der Waals surface area contributed by atoms with Gasteiger partial charge >= 0.3 is 6.18 Å². The molecule has 2 heterocycles. The van der Waals surface area contributed by atoms with Crippen molar-refractivity contribution in [2.45, 2.75) is 26.1 Å². The first-order valence-electron chi connectivity index (χ1n) is 9.72. The summed E-state index contributed by atoms with van der Waals surface area (Å²) in [5, 5.41) is 2.82. The number of anilines is 1. The quantitative estimate of drug-likeness (QED) is 0.549. The van der Waals surface area contributed by atoms with Crippen LogP contribution in [0.4, 0.5) is 23.5 Å². The Morgan fingerprint density at radius 2 is 1.75 bits per heavy atom. The molecule has 0 aliphatic rings. The first-order valence-corrected chi connectivity index (χ1v) is 9.72. The third-order valence-electron chi connectivity index (χ3n) is 4.70. The van der Waals surface area contributed by atoms with E-state index in [2.05, 4.69) is 25.3 Å². The molecular weight excluding hydrogens is 428 g/mol. The van der Waals surface area contributed by atoms with Gasteiger partial charge in [0, 0.05) is 43.9 Å². The number of benzene rings is 1. The molecule has 0 saturated carbocycles. The van der Waals surface area contributed by atoms with Crippen LogP contribution in [0.3, 0.4) is 0 Å². The minimum absolute atomic E-state index is 0.00233. The van der Waals surface area contributed by atoms with Crippen molar-refractivity contribution in [3.63, 3.8) is 0 Å². The Labute approximate surface area is 181 Å². The molecule has 7 nitrogen and oxygen atoms in total. The molecule has 1 atom stereocenters. The molecule has 32 heavy (non-hydrogen) atoms. The third kappa shape index (κ3) is 5.16. The van der Waals surface area contributed by atoms with Crippen molar-refractivity contribution in [2.75, 3.05) is 18.4 Å². The Morgan fingerprint density at radius 3 is 2.34 bits per heavy atom. The smallest absolute Gasteiger partial charge is 0.352 e. The van der Waals surface area contributed by atoms with E-state index in [0.29, 0.717) is 18.9 Å². The number of nitrogens with one attached hydrogen (secondary N) is 1. The van der Waals surface area contributed by atoms with Gasteiger partial charge in [-0.2, -0.15) is 13.2 Å². The molecule has 1 aromatic carbocycles. The second kappa shape index (κ2) is 9.67. The van der Waals surface area contributed by atoms with Crippen LogP contribution >= 0.6 is 0 Å². The summed E-state index contributed by atoms with van der Waals surface area (Å²) >= 11 is 0. The Morgan fingerprint density at radius 1 is 1.09 bits per heavy atom. The van der Waals surface area contributed by atoms with Crippen molar-refractivity contribution in [1.29, 1.82) is 0 Å². The zero-order chi connectivity index (χ0) is 23.3. The molecule has 0 saturated heterocycles. The fourth-order valence-corrected chi connectivity index (χ4v) is 3.08. The zero-order valence-electron chi connectivity index (χ0n) is 17.3. The fraction of sp³-hybridized carbons (Fsp3) is 0.286. The van der Waals surface area contributed by atoms with Crippen LogP contribution in [0.2, 0.25) is 0 Å². The molecule has 0 radical (unpaired) electrons. The molecule has 0 spiro atoms. The van der Waals surface area contributed by atoms with Crippen molar-refractivity contribution < 1.29 is 22.4 Å². The standard InChI is InChI=1S/C21H20F4N6O/c1-3-31(13(2)10-28-20-29-11-14(12-30-20)21(23,24)25)19(32)15-6-4-7-16(22)17(15)18-26-8-5-9-27-18/h4-9,11-13H,3,10H2,1-2H3,(H,28,29,30). The Bertz CT molecular complexity index is 1060. The van der Waals surface area contributed by atoms with Crippen molar-refractivity contribution in [1.82, 2.24) is 24.8 Å². The highest BCUT2D eigenvalue weighted by Crippen LogP contribution is 2.28. The normalized spacial score (nSPS) is 12.3. The van der Waals surface area contributed by atoms with Gasteiger partial charge in [0.05, 0.1) is 16.7 Å². The Hall–Kier alpha value is -3.63. The van der Waals surface area contributed by atoms with Gasteiger partial charge in [-0.1, -0.05) is 6.07 Å². The van der Waals surface area contributed by atoms with Gasteiger partial charge in [0.15, 0.2) is 5.82 Å². The van der Waals surface area contributed by atoms with Gasteiger partial charge in [0.2, 0.25) is 5.95 Å². The van der Waals surface area contributed by atoms with Crippen LogP contribution in [-0.2, 0) is 6.18 Å². The molecule has 1 N–H and O–H groups in total. The molecule has 2 aromatic heterocycles. The lowest BCUT2D eigenvalue weighted by Gasteiger charge is -2.29. The number of aromatic nitrogens is 4. The molecule has 0 bridgehead atoms. The van der Waals surface area contributed by atoms with Crippen LogP contribution in [0.15, 0.2) is 49.1 Å². The number of nitrogens with zero attached hydrogens (tertiary/aromatic N) is 5. The number of carbonyl (C=O) groups excluding carboxylic acids is 1. The maximum Gasteiger partial charge on any atom is 0.419 e. The predicted molar refractivity (Wildman–Crippen MR) is 109 cm³/mol. The number of carbonyl (C=O) groups is 1. The number of rotatable bonds is 7. The highest BCUT2D eigenvalue weighted by atomic mass is 19.4. The van der Waals surface area contributed by atoms with Crippen LogP contribution in [0.25, 0.3) is 11.4 Å². The molecule has 1 unspecified atom stereocenters. The summed E-state index contributed by atoms with van der Waals surface area (Å²) in [4.78, 5) is 30.2. The van der Waals surface area contributed by atoms with E-state index < -0.39 is 29.5 Å². The van der Waals surface area contributed by atoms with Crippen LogP contribution in [0.5, 0.6) is 0 Å². The Balaban J connectivity index is 1.77. The lowest BCUT2D eigenvalue weighted by molar-refractivity contribution is -0.138. The predicted octanol–water partition coefficient (Wildman–Crippen LogP) is 4.05. The topological polar surface area (TPSA) is 83.9 Å². The summed E-state index contributed by atoms with van der Waals surface area (Å²) in [6.45, 7) is 3.98. The molecule has 3 aromatic rings. The van der Waals surface area contributed by atoms with Crippen LogP contribution in [-0.4, -0.2) is 49.9 Å². The van der Waals surface area contributed by atoms with Crippen LogP contribution in [0, 0.1) is 5.82 Å². The van der Waals surface area contributed by atoms with E-state index in [1.165, 1.54) is 35.5 Å². The van der Waals surface area contributed by atoms with Gasteiger partial charge in [-0.15, -0.1) is 0 Å². The maximum atomic E-state index is 14.6. The second-order valence-electron chi connectivity index (χ2n) is 6.85. The van der Waals surface area contributed by atoms with E-state index in [4.69, 9.17) is 0 Å². The van der Waals surface area contributed by atoms with Gasteiger partial charge in [0.25, 0.3) is 5.91 Å². The maximum absolute atomic E-state index is 14.6. The Kier molecular flexibility index (Phi) is 6.96. The lowest BCUT2D eigenvalue weighted by atomic mass is 10.0. The third-order valence-corrected chi connectivity index (χ3v) is 4.70. The average molecular weight is 448 g/mol. The summed E-state index contributed by atoms with van der Waals surface area (Å²) in [7, 11) is 0. The van der Waals surface area contributed by atoms with E-state index in [1.54, 1.807) is 19.9 Å². The largest absolute Gasteiger partial charge is 0.419 e. The first-order chi connectivity index (χ1) is 15.2. The number of halogens is 4. The summed E-state index contributed by atoms with van der Waals surface area (Å²) in [5.41, 5.74) is -0.846. The van der Waals surface area contributed by atoms with Crippen molar-refractivity contribution >= 4 is 11.9 Å². The number of likely N-dealkylation sites (N-methyl/N-ethyl adjacent to an activating group) is 1. The molecule has 3 rings (SSSR count). The SMILES string of the molecule is CCN(C(=O)c1cccc(F)c1-c1ncccn1)C(C)CNc1ncc(C(F)(F)F)cn1. The van der Waals surface area contributed by atoms with E-state index >= 15 is 0 Å². The van der Waals surface area contributed by atoms with Gasteiger partial charge < -0.3 is 10.2 Å². The van der Waals surface area contributed by atoms with Gasteiger partial charge in [-0.05, 0) is 32.0 Å². The molecule has 11 heteroatoms. The van der Waals surface area contributed by atoms with E-state index in [0.717, 1.165) is 0 Å². The minimum Gasteiger partial charge on any atom is -0.352 e. The number of amides is 1. The van der Waals surface area contributed by atoms with Crippen molar-refractivity contribution in [2.24, 2.45) is 0 Å². The number of hydrogen-bond donors (Lipinski definition) is 1. The second-order valence-corrected chi connectivity index (χ2v) is 6.85. The summed E-state index contributed by atoms with van der Waals surface area (Å²) in [5.74, 6) is -0.967. The molecule has 1 amide bonds. The summed E-state index contributed by atoms with van der Waals surface area (Å²) in [6, 6.07) is 5.33. The summed E-state index contributed by atoms with van der Waals surface area (Å²) < 4.78 is 52.5. The van der Waals surface area contributed by atoms with E-state index in [1.807, 2.05) is 0 Å². The van der Waals surface area contributed by atoms with E-state index in [-0.39, 0.29) is 29.4 Å². The molecule has 0 aliphatic heterocycles. The molecular formula is C21H20F4N6O. The molecule has 0 fully saturated rings. The van der Waals surface area contributed by atoms with Crippen LogP contribution in [0.1, 0.15) is 29.8 Å². The molecule has 0 aliphatic carbocycles. The summed E-state index contributed by atoms with van der Waals surface area (Å²) in [6.07, 6.45) is -0.250. The van der Waals surface area contributed by atoms with Crippen LogP contribution < -0.4 is 5.32 Å². The number of hydrogen-bond acceptors (Lipinski definition) is 6. The van der Waals surface area contributed by atoms with Gasteiger partial charge in [-0.3, -0.25) is 4.79 Å². The van der Waals surface area contributed by atoms with Crippen molar-refractivity contribution in [3.8, 4) is 11.4 Å². The van der Waals surface area contributed by atoms with Crippen molar-refractivity contribution in [3.05, 3.63) is 66.0 Å². The highest BCUT2D eigenvalue weighted by Gasteiger charge is 2.31. The monoisotopic (exact) mass is 448 g/mol. The zero-order valence-corrected chi connectivity index (χ0v) is 17.3.